The fourth-order valence-electron chi connectivity index (χ4n) is 3.02. The molecule has 2 atom stereocenters. The summed E-state index contributed by atoms with van der Waals surface area (Å²) in [6, 6.07) is 14.5. The van der Waals surface area contributed by atoms with Gasteiger partial charge in [0.05, 0.1) is 6.54 Å². The standard InChI is InChI=1S/C22H23BrFN3O4/c23-20-12-18(31-27-20)13-25-21(28)19(10-9-15-7-4-8-17(24)11-15)26-22(29)30-14-16-5-2-1-3-6-16/h1-8,11,18-19H,9-10,12-14H2,(H,25,28)(H,26,29)/t18?,19-/m0/s1. The second-order valence-corrected chi connectivity index (χ2v) is 7.99. The number of ether oxygens (including phenoxy) is 1. The van der Waals surface area contributed by atoms with E-state index in [1.165, 1.54) is 12.1 Å². The highest BCUT2D eigenvalue weighted by Crippen LogP contribution is 2.14. The number of carbonyl (C=O) groups is 2. The first kappa shape index (κ1) is 22.7. The normalized spacial score (nSPS) is 16.1. The Bertz CT molecular complexity index is 926. The highest BCUT2D eigenvalue weighted by atomic mass is 79.9. The van der Waals surface area contributed by atoms with E-state index in [-0.39, 0.29) is 37.4 Å². The van der Waals surface area contributed by atoms with Crippen LogP contribution in [0.2, 0.25) is 0 Å². The second-order valence-electron chi connectivity index (χ2n) is 7.07. The van der Waals surface area contributed by atoms with Crippen molar-refractivity contribution >= 4 is 32.6 Å². The Morgan fingerprint density at radius 3 is 2.68 bits per heavy atom. The number of hydrogen-bond acceptors (Lipinski definition) is 5. The number of amides is 2. The number of halogens is 2. The molecule has 2 amide bonds. The van der Waals surface area contributed by atoms with Gasteiger partial charge in [-0.05, 0) is 52.0 Å². The van der Waals surface area contributed by atoms with Gasteiger partial charge in [-0.15, -0.1) is 0 Å². The maximum Gasteiger partial charge on any atom is 0.408 e. The van der Waals surface area contributed by atoms with Crippen LogP contribution < -0.4 is 10.6 Å². The Morgan fingerprint density at radius 2 is 1.97 bits per heavy atom. The van der Waals surface area contributed by atoms with E-state index < -0.39 is 12.1 Å². The number of rotatable bonds is 9. The quantitative estimate of drug-likeness (QED) is 0.559. The summed E-state index contributed by atoms with van der Waals surface area (Å²) in [4.78, 5) is 30.2. The lowest BCUT2D eigenvalue weighted by Gasteiger charge is -2.19. The summed E-state index contributed by atoms with van der Waals surface area (Å²) in [5.41, 5.74) is 1.57. The highest BCUT2D eigenvalue weighted by molar-refractivity contribution is 9.18. The molecule has 0 saturated carbocycles. The molecule has 2 aromatic rings. The number of nitrogens with zero attached hydrogens (tertiary/aromatic N) is 1. The first-order valence-corrected chi connectivity index (χ1v) is 10.7. The van der Waals surface area contributed by atoms with Gasteiger partial charge in [0.1, 0.15) is 23.1 Å². The molecule has 0 fully saturated rings. The lowest BCUT2D eigenvalue weighted by molar-refractivity contribution is -0.123. The molecule has 9 heteroatoms. The molecule has 0 spiro atoms. The van der Waals surface area contributed by atoms with Crippen LogP contribution in [0.15, 0.2) is 59.8 Å². The van der Waals surface area contributed by atoms with E-state index in [9.17, 15) is 14.0 Å². The topological polar surface area (TPSA) is 89.0 Å². The van der Waals surface area contributed by atoms with Gasteiger partial charge in [0, 0.05) is 6.42 Å². The number of carbonyl (C=O) groups excluding carboxylic acids is 2. The third-order valence-corrected chi connectivity index (χ3v) is 5.10. The van der Waals surface area contributed by atoms with E-state index in [1.54, 1.807) is 12.1 Å². The maximum absolute atomic E-state index is 13.4. The van der Waals surface area contributed by atoms with Crippen LogP contribution in [0.3, 0.4) is 0 Å². The minimum atomic E-state index is -0.850. The predicted octanol–water partition coefficient (Wildman–Crippen LogP) is 3.67. The van der Waals surface area contributed by atoms with Gasteiger partial charge in [-0.25, -0.2) is 9.18 Å². The molecule has 31 heavy (non-hydrogen) atoms. The molecule has 0 aliphatic carbocycles. The van der Waals surface area contributed by atoms with Crippen molar-refractivity contribution in [1.82, 2.24) is 10.6 Å². The van der Waals surface area contributed by atoms with E-state index in [0.29, 0.717) is 17.5 Å². The first-order valence-electron chi connectivity index (χ1n) is 9.87. The highest BCUT2D eigenvalue weighted by Gasteiger charge is 2.25. The average Bonchev–Trinajstić information content (AvgIpc) is 3.19. The van der Waals surface area contributed by atoms with E-state index in [1.807, 2.05) is 30.3 Å². The van der Waals surface area contributed by atoms with Crippen molar-refractivity contribution in [1.29, 1.82) is 0 Å². The average molecular weight is 492 g/mol. The van der Waals surface area contributed by atoms with Crippen molar-refractivity contribution in [2.24, 2.45) is 5.16 Å². The molecular formula is C22H23BrFN3O4. The number of alkyl carbamates (subject to hydrolysis) is 1. The fraction of sp³-hybridized carbons (Fsp3) is 0.318. The van der Waals surface area contributed by atoms with Crippen LogP contribution in [0, 0.1) is 5.82 Å². The molecule has 164 valence electrons. The van der Waals surface area contributed by atoms with Gasteiger partial charge < -0.3 is 20.2 Å². The number of nitrogens with one attached hydrogen (secondary N) is 2. The van der Waals surface area contributed by atoms with Crippen LogP contribution in [-0.4, -0.2) is 35.3 Å². The molecule has 0 saturated heterocycles. The van der Waals surface area contributed by atoms with Gasteiger partial charge in [-0.2, -0.15) is 0 Å². The molecule has 0 bridgehead atoms. The summed E-state index contributed by atoms with van der Waals surface area (Å²) < 4.78 is 19.4. The first-order chi connectivity index (χ1) is 15.0. The van der Waals surface area contributed by atoms with Gasteiger partial charge in [0.25, 0.3) is 0 Å². The summed E-state index contributed by atoms with van der Waals surface area (Å²) in [7, 11) is 0. The van der Waals surface area contributed by atoms with E-state index in [0.717, 1.165) is 11.1 Å². The Labute approximate surface area is 188 Å². The molecule has 1 unspecified atom stereocenters. The fourth-order valence-corrected chi connectivity index (χ4v) is 3.47. The van der Waals surface area contributed by atoms with Crippen LogP contribution in [0.5, 0.6) is 0 Å². The number of aryl methyl sites for hydroxylation is 1. The molecule has 2 N–H and O–H groups in total. The molecular weight excluding hydrogens is 469 g/mol. The molecule has 1 aliphatic rings. The van der Waals surface area contributed by atoms with Gasteiger partial charge in [-0.1, -0.05) is 47.6 Å². The number of benzene rings is 2. The number of oxime groups is 1. The Morgan fingerprint density at radius 1 is 1.19 bits per heavy atom. The largest absolute Gasteiger partial charge is 0.445 e. The minimum absolute atomic E-state index is 0.0895. The molecule has 2 aromatic carbocycles. The third-order valence-electron chi connectivity index (χ3n) is 4.63. The SMILES string of the molecule is O=C(N[C@@H](CCc1cccc(F)c1)C(=O)NCC1CC(Br)=NO1)OCc1ccccc1. The van der Waals surface area contributed by atoms with Gasteiger partial charge in [0.15, 0.2) is 6.10 Å². The molecule has 0 radical (unpaired) electrons. The summed E-state index contributed by atoms with van der Waals surface area (Å²) in [5, 5.41) is 9.16. The minimum Gasteiger partial charge on any atom is -0.445 e. The van der Waals surface area contributed by atoms with Gasteiger partial charge >= 0.3 is 6.09 Å². The summed E-state index contributed by atoms with van der Waals surface area (Å²) >= 11 is 3.25. The van der Waals surface area contributed by atoms with Crippen molar-refractivity contribution in [2.75, 3.05) is 6.54 Å². The molecule has 1 heterocycles. The van der Waals surface area contributed by atoms with Crippen LogP contribution in [0.1, 0.15) is 24.0 Å². The zero-order valence-electron chi connectivity index (χ0n) is 16.7. The van der Waals surface area contributed by atoms with Crippen molar-refractivity contribution in [3.05, 3.63) is 71.5 Å². The van der Waals surface area contributed by atoms with Gasteiger partial charge in [-0.3, -0.25) is 4.79 Å². The van der Waals surface area contributed by atoms with Gasteiger partial charge in [0.2, 0.25) is 5.91 Å². The zero-order valence-corrected chi connectivity index (χ0v) is 18.3. The maximum atomic E-state index is 13.4. The molecule has 7 nitrogen and oxygen atoms in total. The summed E-state index contributed by atoms with van der Waals surface area (Å²) in [6.07, 6.45) is 0.268. The summed E-state index contributed by atoms with van der Waals surface area (Å²) in [5.74, 6) is -0.725. The van der Waals surface area contributed by atoms with Crippen molar-refractivity contribution < 1.29 is 23.6 Å². The zero-order chi connectivity index (χ0) is 22.1. The van der Waals surface area contributed by atoms with Crippen LogP contribution in [0.25, 0.3) is 0 Å². The van der Waals surface area contributed by atoms with E-state index in [4.69, 9.17) is 9.57 Å². The number of hydrogen-bond donors (Lipinski definition) is 2. The van der Waals surface area contributed by atoms with Crippen LogP contribution in [-0.2, 0) is 27.4 Å². The van der Waals surface area contributed by atoms with Crippen LogP contribution >= 0.6 is 15.9 Å². The predicted molar refractivity (Wildman–Crippen MR) is 117 cm³/mol. The summed E-state index contributed by atoms with van der Waals surface area (Å²) in [6.45, 7) is 0.334. The lowest BCUT2D eigenvalue weighted by atomic mass is 10.0. The third kappa shape index (κ3) is 7.67. The molecule has 3 rings (SSSR count). The van der Waals surface area contributed by atoms with E-state index >= 15 is 0 Å². The molecule has 1 aliphatic heterocycles. The smallest absolute Gasteiger partial charge is 0.408 e. The Kier molecular flexibility index (Phi) is 8.40. The van der Waals surface area contributed by atoms with Crippen molar-refractivity contribution in [3.8, 4) is 0 Å². The van der Waals surface area contributed by atoms with Crippen molar-refractivity contribution in [3.63, 3.8) is 0 Å². The van der Waals surface area contributed by atoms with Crippen molar-refractivity contribution in [2.45, 2.75) is 38.0 Å². The van der Waals surface area contributed by atoms with E-state index in [2.05, 4.69) is 31.7 Å². The monoisotopic (exact) mass is 491 g/mol. The Balaban J connectivity index is 1.55. The molecule has 0 aromatic heterocycles. The second kappa shape index (κ2) is 11.5. The lowest BCUT2D eigenvalue weighted by Crippen LogP contribution is -2.48. The van der Waals surface area contributed by atoms with Crippen LogP contribution in [0.4, 0.5) is 9.18 Å². The Hall–Kier alpha value is -2.94.